The molecule has 28 rings (SSSR count). The van der Waals surface area contributed by atoms with Crippen LogP contribution in [-0.4, -0.2) is 17.2 Å². The summed E-state index contributed by atoms with van der Waals surface area (Å²) in [6.45, 7) is 0. The predicted octanol–water partition coefficient (Wildman–Crippen LogP) is 30.6. The monoisotopic (exact) mass is 2140 g/mol. The number of halogens is 1. The molecule has 0 aromatic heterocycles. The van der Waals surface area contributed by atoms with Gasteiger partial charge in [0.1, 0.15) is 0 Å². The fraction of sp³-hybridized carbons (Fsp3) is 0.0286. The summed E-state index contributed by atoms with van der Waals surface area (Å²) in [6, 6.07) is 208. The maximum absolute atomic E-state index is 9.49. The molecule has 0 spiro atoms. The van der Waals surface area contributed by atoms with E-state index in [1.165, 1.54) is 213 Å². The Morgan fingerprint density at radius 3 is 0.691 bits per heavy atom. The Hall–Kier alpha value is -14.8. The third-order valence-electron chi connectivity index (χ3n) is 27.9. The summed E-state index contributed by atoms with van der Waals surface area (Å²) in [6.07, 6.45) is 4.91. The van der Waals surface area contributed by atoms with E-state index in [0.717, 1.165) is 11.1 Å². The van der Waals surface area contributed by atoms with Gasteiger partial charge in [0.05, 0.1) is 0 Å². The molecule has 2 aliphatic carbocycles. The summed E-state index contributed by atoms with van der Waals surface area (Å²) in [5.74, 6) is 0. The zero-order valence-electron chi connectivity index (χ0n) is 82.2. The van der Waals surface area contributed by atoms with Crippen LogP contribution in [0.15, 0.2) is 587 Å². The number of hydrogen-bond donors (Lipinski definition) is 2. The molecule has 0 saturated heterocycles. The van der Waals surface area contributed by atoms with Crippen LogP contribution in [0.5, 0.6) is 0 Å². The van der Waals surface area contributed by atoms with Crippen molar-refractivity contribution in [2.24, 2.45) is 0 Å². The molecule has 0 fully saturated rings. The van der Waals surface area contributed by atoms with E-state index >= 15 is 0 Å². The van der Waals surface area contributed by atoms with Gasteiger partial charge in [0, 0.05) is 24.9 Å². The van der Waals surface area contributed by atoms with E-state index in [9.17, 15) is 10.0 Å². The Labute approximate surface area is 900 Å². The average molecular weight is 2140 g/mol. The van der Waals surface area contributed by atoms with Gasteiger partial charge in [-0.2, -0.15) is 0 Å². The second-order valence-corrected chi connectivity index (χ2v) is 46.8. The first-order chi connectivity index (χ1) is 73.2. The maximum atomic E-state index is 9.49. The molecule has 2 N–H and O–H groups in total. The zero-order chi connectivity index (χ0) is 99.7. The number of rotatable bonds is 16. The van der Waals surface area contributed by atoms with Crippen LogP contribution in [0, 0.1) is 0 Å². The smallest absolute Gasteiger partial charge is 0.423 e. The van der Waals surface area contributed by atoms with Crippen molar-refractivity contribution >= 4 is 210 Å². The molecule has 0 radical (unpaired) electrons. The molecule has 0 heterocycles. The van der Waals surface area contributed by atoms with Crippen molar-refractivity contribution in [2.45, 2.75) is 25.7 Å². The van der Waals surface area contributed by atoms with Crippen molar-refractivity contribution in [1.29, 1.82) is 0 Å². The van der Waals surface area contributed by atoms with Gasteiger partial charge in [-0.3, -0.25) is 0 Å². The summed E-state index contributed by atoms with van der Waals surface area (Å²) in [7, 11) is -3.24. The van der Waals surface area contributed by atoms with E-state index < -0.39 is 38.8 Å². The van der Waals surface area contributed by atoms with Crippen molar-refractivity contribution in [1.82, 2.24) is 0 Å². The minimum Gasteiger partial charge on any atom is -0.423 e. The topological polar surface area (TPSA) is 40.5 Å². The van der Waals surface area contributed by atoms with Gasteiger partial charge in [-0.05, 0) is 280 Å². The molecular formula is C140H106BBrO2P4Pd. The SMILES string of the molecule is Brc1cc2c(c3ccccc13)CC2.OB(O)c1cccc(-c2ccc3ccc4cccc5ccc2c3c45)c1.[Pd].c1cc(-c2cc3c(c4ccccc24)CC3)cc(-c2ccc3ccc4cccc5ccc2c3c45)c1.c1ccc(P(c2ccccc2)c2ccccc2)cc1.c1ccc(P(c2ccccc2)c2ccccc2)cc1.c1ccc(P(c2ccccc2)c2ccccc2)cc1.c1ccc(P(c2ccccc2)c2ccccc2)cc1. The third kappa shape index (κ3) is 22.5. The molecule has 0 saturated carbocycles. The van der Waals surface area contributed by atoms with Crippen molar-refractivity contribution in [3.05, 3.63) is 609 Å². The van der Waals surface area contributed by atoms with Crippen molar-refractivity contribution in [2.75, 3.05) is 0 Å². The van der Waals surface area contributed by atoms with Gasteiger partial charge in [0.2, 0.25) is 0 Å². The third-order valence-corrected chi connectivity index (χ3v) is 38.4. The summed E-state index contributed by atoms with van der Waals surface area (Å²) >= 11 is 3.62. The molecule has 26 aromatic rings. The first-order valence-corrected chi connectivity index (χ1v) is 56.8. The number of benzene rings is 26. The van der Waals surface area contributed by atoms with Crippen LogP contribution in [0.1, 0.15) is 22.3 Å². The van der Waals surface area contributed by atoms with Gasteiger partial charge in [0.25, 0.3) is 0 Å². The van der Waals surface area contributed by atoms with Gasteiger partial charge in [0.15, 0.2) is 0 Å². The number of aryl methyl sites for hydroxylation is 4. The summed E-state index contributed by atoms with van der Waals surface area (Å²) in [5, 5.41) is 56.8. The minimum atomic E-state index is -1.46. The minimum absolute atomic E-state index is 0. The predicted molar refractivity (Wildman–Crippen MR) is 651 cm³/mol. The average Bonchev–Trinajstić information content (AvgIpc) is 0.735. The normalized spacial score (nSPS) is 11.5. The molecule has 2 nitrogen and oxygen atoms in total. The summed E-state index contributed by atoms with van der Waals surface area (Å²) in [4.78, 5) is 0. The molecule has 0 atom stereocenters. The Balaban J connectivity index is 0.000000103. The first kappa shape index (κ1) is 100. The number of hydrogen-bond acceptors (Lipinski definition) is 2. The van der Waals surface area contributed by atoms with Crippen LogP contribution < -0.4 is 69.1 Å². The Morgan fingerprint density at radius 1 is 0.174 bits per heavy atom. The molecular weight excluding hydrogens is 2030 g/mol. The Kier molecular flexibility index (Phi) is 32.2. The molecule has 0 amide bonds. The van der Waals surface area contributed by atoms with Crippen LogP contribution in [0.4, 0.5) is 0 Å². The maximum Gasteiger partial charge on any atom is 0.488 e. The van der Waals surface area contributed by atoms with E-state index in [0.29, 0.717) is 5.46 Å². The van der Waals surface area contributed by atoms with Crippen molar-refractivity contribution in [3.63, 3.8) is 0 Å². The number of fused-ring (bicyclic) bond motifs is 6. The molecule has 0 bridgehead atoms. The van der Waals surface area contributed by atoms with E-state index in [4.69, 9.17) is 0 Å². The molecule has 26 aromatic carbocycles. The largest absolute Gasteiger partial charge is 0.488 e. The molecule has 0 unspecified atom stereocenters. The fourth-order valence-corrected chi connectivity index (χ4v) is 30.6. The van der Waals surface area contributed by atoms with E-state index in [2.05, 4.69) is 574 Å². The van der Waals surface area contributed by atoms with E-state index in [1.807, 2.05) is 18.2 Å². The Morgan fingerprint density at radius 2 is 0.403 bits per heavy atom. The van der Waals surface area contributed by atoms with Gasteiger partial charge >= 0.3 is 7.12 Å². The molecule has 9 heteroatoms. The van der Waals surface area contributed by atoms with Gasteiger partial charge in [-0.15, -0.1) is 0 Å². The molecule has 2 aliphatic rings. The second kappa shape index (κ2) is 48.0. The van der Waals surface area contributed by atoms with Crippen molar-refractivity contribution < 1.29 is 30.5 Å². The quantitative estimate of drug-likeness (QED) is 0.0575. The van der Waals surface area contributed by atoms with Crippen molar-refractivity contribution in [3.8, 4) is 33.4 Å². The molecule has 149 heavy (non-hydrogen) atoms. The van der Waals surface area contributed by atoms with Crippen LogP contribution in [0.2, 0.25) is 0 Å². The van der Waals surface area contributed by atoms with Crippen LogP contribution in [-0.2, 0) is 46.1 Å². The van der Waals surface area contributed by atoms with Gasteiger partial charge < -0.3 is 10.0 Å². The Bertz CT molecular complexity index is 8050. The van der Waals surface area contributed by atoms with Crippen LogP contribution >= 0.6 is 47.6 Å². The standard InChI is InChI=1S/C34H22.C22H15BO2.4C18H15P.C12H9Br.Pd/c1-2-10-30-29(9-1)27-17-15-26(27)20-32(30)25-8-4-7-24(19-25)28-16-13-23-12-11-21-5-3-6-22-14-18-31(28)34(23)33(21)22;24-23(25)18-6-2-5-17(13-18)19-11-9-16-8-7-14-3-1-4-15-10-12-20(19)22(16)21(14)15;4*1-4-10-16(11-5-1)19(17-12-6-2-7-13-17)18-14-8-3-9-15-18;13-12-7-8-5-6-9(8)10-3-1-2-4-11(10)12;/h1-14,16,18-20H,15,17H2;1-13,24-25H;4*1-15H;1-4,7H,5-6H2;. The zero-order valence-corrected chi connectivity index (χ0v) is 88.9. The van der Waals surface area contributed by atoms with Crippen LogP contribution in [0.3, 0.4) is 0 Å². The first-order valence-electron chi connectivity index (χ1n) is 50.7. The summed E-state index contributed by atoms with van der Waals surface area (Å²) in [5.41, 5.74) is 14.0. The summed E-state index contributed by atoms with van der Waals surface area (Å²) < 4.78 is 1.24. The van der Waals surface area contributed by atoms with Crippen LogP contribution in [0.25, 0.3) is 120 Å². The fourth-order valence-electron chi connectivity index (χ4n) is 20.8. The van der Waals surface area contributed by atoms with Gasteiger partial charge in [-0.25, -0.2) is 0 Å². The molecule has 0 aliphatic heterocycles. The van der Waals surface area contributed by atoms with E-state index in [1.54, 1.807) is 17.2 Å². The molecule has 718 valence electrons. The van der Waals surface area contributed by atoms with Gasteiger partial charge in [-0.1, -0.05) is 586 Å². The second-order valence-electron chi connectivity index (χ2n) is 37.0. The van der Waals surface area contributed by atoms with E-state index in [-0.39, 0.29) is 20.4 Å².